The van der Waals surface area contributed by atoms with E-state index in [-0.39, 0.29) is 11.4 Å². The first-order valence-electron chi connectivity index (χ1n) is 4.69. The zero-order valence-corrected chi connectivity index (χ0v) is 9.89. The van der Waals surface area contributed by atoms with E-state index in [2.05, 4.69) is 30.1 Å². The summed E-state index contributed by atoms with van der Waals surface area (Å²) >= 11 is 0. The summed E-state index contributed by atoms with van der Waals surface area (Å²) in [5.74, 6) is -0.308. The van der Waals surface area contributed by atoms with Crippen LogP contribution in [-0.4, -0.2) is 38.6 Å². The highest BCUT2D eigenvalue weighted by Crippen LogP contribution is 2.25. The monoisotopic (exact) mass is 199 g/mol. The molecular formula is C11H21NO2. The molecule has 0 aromatic heterocycles. The van der Waals surface area contributed by atoms with Gasteiger partial charge in [-0.15, -0.1) is 0 Å². The number of carbonyl (C=O) groups is 1. The second-order valence-electron chi connectivity index (χ2n) is 4.67. The van der Waals surface area contributed by atoms with Crippen LogP contribution in [-0.2, 0) is 9.53 Å². The zero-order chi connectivity index (χ0) is 11.4. The molecule has 0 unspecified atom stereocenters. The Hall–Kier alpha value is -0.830. The predicted octanol–water partition coefficient (Wildman–Crippen LogP) is 1.69. The van der Waals surface area contributed by atoms with E-state index in [0.29, 0.717) is 12.0 Å². The first-order valence-corrected chi connectivity index (χ1v) is 4.69. The van der Waals surface area contributed by atoms with Gasteiger partial charge in [-0.3, -0.25) is 0 Å². The summed E-state index contributed by atoms with van der Waals surface area (Å²) in [6.07, 6.45) is 0.665. The van der Waals surface area contributed by atoms with Crippen LogP contribution in [0.2, 0.25) is 0 Å². The average molecular weight is 199 g/mol. The van der Waals surface area contributed by atoms with Crippen molar-refractivity contribution < 1.29 is 9.53 Å². The third-order valence-corrected chi connectivity index (χ3v) is 1.91. The van der Waals surface area contributed by atoms with Crippen molar-refractivity contribution in [3.05, 3.63) is 12.2 Å². The van der Waals surface area contributed by atoms with Crippen LogP contribution in [0.25, 0.3) is 0 Å². The molecule has 0 radical (unpaired) electrons. The lowest BCUT2D eigenvalue weighted by molar-refractivity contribution is -0.136. The van der Waals surface area contributed by atoms with Crippen molar-refractivity contribution in [2.24, 2.45) is 5.41 Å². The topological polar surface area (TPSA) is 29.5 Å². The van der Waals surface area contributed by atoms with Crippen LogP contribution in [0.4, 0.5) is 0 Å². The lowest BCUT2D eigenvalue weighted by Crippen LogP contribution is -2.29. The van der Waals surface area contributed by atoms with Gasteiger partial charge in [-0.1, -0.05) is 20.4 Å². The molecule has 0 aliphatic carbocycles. The number of rotatable bonds is 5. The highest BCUT2D eigenvalue weighted by Gasteiger charge is 2.22. The number of hydrogen-bond donors (Lipinski definition) is 0. The molecule has 0 bridgehead atoms. The minimum absolute atomic E-state index is 0.0504. The van der Waals surface area contributed by atoms with Gasteiger partial charge in [-0.2, -0.15) is 0 Å². The minimum Gasteiger partial charge on any atom is -0.466 e. The summed E-state index contributed by atoms with van der Waals surface area (Å²) in [6.45, 7) is 8.87. The maximum atomic E-state index is 11.1. The van der Waals surface area contributed by atoms with E-state index in [1.165, 1.54) is 7.11 Å². The summed E-state index contributed by atoms with van der Waals surface area (Å²) in [4.78, 5) is 13.2. The first kappa shape index (κ1) is 13.2. The Labute approximate surface area is 86.7 Å². The van der Waals surface area contributed by atoms with E-state index in [9.17, 15) is 4.79 Å². The molecule has 0 aromatic carbocycles. The summed E-state index contributed by atoms with van der Waals surface area (Å²) in [5, 5.41) is 0. The molecule has 0 atom stereocenters. The summed E-state index contributed by atoms with van der Waals surface area (Å²) < 4.78 is 4.61. The molecule has 0 heterocycles. The van der Waals surface area contributed by atoms with E-state index in [1.807, 2.05) is 14.1 Å². The van der Waals surface area contributed by atoms with Crippen molar-refractivity contribution in [3.8, 4) is 0 Å². The van der Waals surface area contributed by atoms with Crippen molar-refractivity contribution in [2.45, 2.75) is 20.3 Å². The number of esters is 1. The molecule has 0 fully saturated rings. The van der Waals surface area contributed by atoms with Gasteiger partial charge in [-0.05, 0) is 25.9 Å². The molecule has 0 saturated carbocycles. The Morgan fingerprint density at radius 2 is 1.93 bits per heavy atom. The van der Waals surface area contributed by atoms with Gasteiger partial charge in [-0.25, -0.2) is 4.79 Å². The van der Waals surface area contributed by atoms with Crippen molar-refractivity contribution in [1.29, 1.82) is 0 Å². The maximum Gasteiger partial charge on any atom is 0.333 e. The number of nitrogens with zero attached hydrogens (tertiary/aromatic N) is 1. The molecular weight excluding hydrogens is 178 g/mol. The number of hydrogen-bond acceptors (Lipinski definition) is 3. The molecule has 0 aromatic rings. The van der Waals surface area contributed by atoms with Crippen LogP contribution in [0.15, 0.2) is 12.2 Å². The van der Waals surface area contributed by atoms with Crippen LogP contribution in [0.3, 0.4) is 0 Å². The standard InChI is InChI=1S/C11H21NO2/c1-9(10(13)14-6)7-11(2,3)8-12(4)5/h1,7-8H2,2-6H3. The molecule has 3 nitrogen and oxygen atoms in total. The smallest absolute Gasteiger partial charge is 0.333 e. The van der Waals surface area contributed by atoms with E-state index in [0.717, 1.165) is 6.54 Å². The SMILES string of the molecule is C=C(CC(C)(C)CN(C)C)C(=O)OC. The molecule has 0 rings (SSSR count). The van der Waals surface area contributed by atoms with Crippen LogP contribution in [0.1, 0.15) is 20.3 Å². The Morgan fingerprint density at radius 1 is 1.43 bits per heavy atom. The minimum atomic E-state index is -0.308. The number of ether oxygens (including phenoxy) is 1. The molecule has 82 valence electrons. The molecule has 0 aliphatic rings. The Bertz CT molecular complexity index is 219. The summed E-state index contributed by atoms with van der Waals surface area (Å²) in [6, 6.07) is 0. The molecule has 14 heavy (non-hydrogen) atoms. The van der Waals surface area contributed by atoms with E-state index in [1.54, 1.807) is 0 Å². The third-order valence-electron chi connectivity index (χ3n) is 1.91. The molecule has 0 spiro atoms. The van der Waals surface area contributed by atoms with Crippen molar-refractivity contribution in [2.75, 3.05) is 27.7 Å². The fraction of sp³-hybridized carbons (Fsp3) is 0.727. The summed E-state index contributed by atoms with van der Waals surface area (Å²) in [5.41, 5.74) is 0.591. The average Bonchev–Trinajstić information content (AvgIpc) is 1.99. The van der Waals surface area contributed by atoms with Gasteiger partial charge < -0.3 is 9.64 Å². The largest absolute Gasteiger partial charge is 0.466 e. The lowest BCUT2D eigenvalue weighted by Gasteiger charge is -2.28. The predicted molar refractivity (Wildman–Crippen MR) is 58.1 cm³/mol. The zero-order valence-electron chi connectivity index (χ0n) is 9.89. The van der Waals surface area contributed by atoms with Gasteiger partial charge in [0.1, 0.15) is 0 Å². The Morgan fingerprint density at radius 3 is 2.29 bits per heavy atom. The van der Waals surface area contributed by atoms with Crippen molar-refractivity contribution in [3.63, 3.8) is 0 Å². The quantitative estimate of drug-likeness (QED) is 0.498. The van der Waals surface area contributed by atoms with E-state index >= 15 is 0 Å². The van der Waals surface area contributed by atoms with Crippen molar-refractivity contribution >= 4 is 5.97 Å². The van der Waals surface area contributed by atoms with Gasteiger partial charge in [0.25, 0.3) is 0 Å². The Kier molecular flexibility index (Phi) is 4.85. The van der Waals surface area contributed by atoms with E-state index < -0.39 is 0 Å². The van der Waals surface area contributed by atoms with Crippen LogP contribution in [0.5, 0.6) is 0 Å². The second-order valence-corrected chi connectivity index (χ2v) is 4.67. The first-order chi connectivity index (χ1) is 6.28. The number of methoxy groups -OCH3 is 1. The van der Waals surface area contributed by atoms with Gasteiger partial charge in [0, 0.05) is 12.1 Å². The summed E-state index contributed by atoms with van der Waals surface area (Å²) in [7, 11) is 5.41. The lowest BCUT2D eigenvalue weighted by atomic mass is 9.85. The van der Waals surface area contributed by atoms with Crippen LogP contribution < -0.4 is 0 Å². The van der Waals surface area contributed by atoms with E-state index in [4.69, 9.17) is 0 Å². The van der Waals surface area contributed by atoms with Gasteiger partial charge in [0.15, 0.2) is 0 Å². The Balaban J connectivity index is 4.21. The van der Waals surface area contributed by atoms with Crippen LogP contribution in [0, 0.1) is 5.41 Å². The van der Waals surface area contributed by atoms with Gasteiger partial charge in [0.05, 0.1) is 7.11 Å². The molecule has 0 saturated heterocycles. The third kappa shape index (κ3) is 5.02. The fourth-order valence-corrected chi connectivity index (χ4v) is 1.71. The van der Waals surface area contributed by atoms with Crippen LogP contribution >= 0.6 is 0 Å². The molecule has 0 N–H and O–H groups in total. The van der Waals surface area contributed by atoms with Gasteiger partial charge in [0.2, 0.25) is 0 Å². The van der Waals surface area contributed by atoms with Gasteiger partial charge >= 0.3 is 5.97 Å². The normalized spacial score (nSPS) is 11.6. The second kappa shape index (κ2) is 5.15. The molecule has 0 amide bonds. The van der Waals surface area contributed by atoms with Crippen molar-refractivity contribution in [1.82, 2.24) is 4.90 Å². The highest BCUT2D eigenvalue weighted by atomic mass is 16.5. The molecule has 3 heteroatoms. The fourth-order valence-electron chi connectivity index (χ4n) is 1.71. The maximum absolute atomic E-state index is 11.1. The molecule has 0 aliphatic heterocycles. The number of carbonyl (C=O) groups excluding carboxylic acids is 1. The highest BCUT2D eigenvalue weighted by molar-refractivity contribution is 5.87.